The second-order valence-corrected chi connectivity index (χ2v) is 5.09. The number of nitrogens with zero attached hydrogens (tertiary/aromatic N) is 2. The molecule has 1 heterocycles. The molecule has 0 saturated carbocycles. The summed E-state index contributed by atoms with van der Waals surface area (Å²) in [4.78, 5) is 26.9. The first-order chi connectivity index (χ1) is 9.02. The van der Waals surface area contributed by atoms with Gasteiger partial charge in [0.2, 0.25) is 0 Å². The zero-order valence-corrected chi connectivity index (χ0v) is 12.1. The Morgan fingerprint density at radius 2 is 2.00 bits per heavy atom. The Hall–Kier alpha value is -1.30. The van der Waals surface area contributed by atoms with E-state index < -0.39 is 5.97 Å². The minimum Gasteiger partial charge on any atom is -0.465 e. The number of nitrogens with one attached hydrogen (secondary N) is 1. The quantitative estimate of drug-likeness (QED) is 0.741. The fraction of sp³-hybridized carbons (Fsp3) is 0.846. The lowest BCUT2D eigenvalue weighted by atomic mass is 9.97. The van der Waals surface area contributed by atoms with Crippen molar-refractivity contribution in [2.24, 2.45) is 5.92 Å². The van der Waals surface area contributed by atoms with Crippen molar-refractivity contribution in [3.8, 4) is 0 Å². The van der Waals surface area contributed by atoms with Crippen molar-refractivity contribution < 1.29 is 14.3 Å². The molecule has 1 saturated heterocycles. The number of carbonyl (C=O) groups is 2. The average Bonchev–Trinajstić information content (AvgIpc) is 2.39. The Balaban J connectivity index is 2.23. The topological polar surface area (TPSA) is 61.9 Å². The fourth-order valence-corrected chi connectivity index (χ4v) is 2.21. The summed E-state index contributed by atoms with van der Waals surface area (Å²) < 4.78 is 4.76. The minimum atomic E-state index is -0.399. The van der Waals surface area contributed by atoms with Gasteiger partial charge in [0.1, 0.15) is 6.54 Å². The zero-order chi connectivity index (χ0) is 14.3. The van der Waals surface area contributed by atoms with Crippen LogP contribution in [0.15, 0.2) is 0 Å². The molecule has 1 fully saturated rings. The molecule has 0 radical (unpaired) electrons. The van der Waals surface area contributed by atoms with E-state index in [-0.39, 0.29) is 12.6 Å². The number of carbonyl (C=O) groups excluding carboxylic acids is 2. The van der Waals surface area contributed by atoms with E-state index in [1.807, 2.05) is 0 Å². The molecule has 0 aromatic heterocycles. The first kappa shape index (κ1) is 15.8. The predicted molar refractivity (Wildman–Crippen MR) is 72.9 cm³/mol. The number of hydrogen-bond donors (Lipinski definition) is 1. The summed E-state index contributed by atoms with van der Waals surface area (Å²) in [7, 11) is 3.88. The monoisotopic (exact) mass is 271 g/mol. The molecule has 0 aromatic rings. The van der Waals surface area contributed by atoms with E-state index in [0.717, 1.165) is 32.5 Å². The van der Waals surface area contributed by atoms with Gasteiger partial charge < -0.3 is 19.9 Å². The molecule has 6 nitrogen and oxygen atoms in total. The van der Waals surface area contributed by atoms with Crippen molar-refractivity contribution >= 4 is 12.0 Å². The molecule has 0 bridgehead atoms. The zero-order valence-electron chi connectivity index (χ0n) is 12.1. The number of piperidine rings is 1. The van der Waals surface area contributed by atoms with E-state index in [2.05, 4.69) is 17.3 Å². The first-order valence-electron chi connectivity index (χ1n) is 6.86. The standard InChI is InChI=1S/C13H25N3O3/c1-4-19-12(17)9-14-13(18)16(3)10-11-5-7-15(2)8-6-11/h11H,4-10H2,1-3H3,(H,14,18). The van der Waals surface area contributed by atoms with Crippen LogP contribution in [0, 0.1) is 5.92 Å². The minimum absolute atomic E-state index is 0.0651. The summed E-state index contributed by atoms with van der Waals surface area (Å²) in [6.07, 6.45) is 2.23. The second-order valence-electron chi connectivity index (χ2n) is 5.09. The van der Waals surface area contributed by atoms with Crippen molar-refractivity contribution in [2.75, 3.05) is 46.9 Å². The van der Waals surface area contributed by atoms with Gasteiger partial charge in [-0.1, -0.05) is 0 Å². The van der Waals surface area contributed by atoms with E-state index in [1.54, 1.807) is 18.9 Å². The van der Waals surface area contributed by atoms with E-state index in [9.17, 15) is 9.59 Å². The lowest BCUT2D eigenvalue weighted by molar-refractivity contribution is -0.141. The third kappa shape index (κ3) is 5.92. The summed E-state index contributed by atoms with van der Waals surface area (Å²) in [6.45, 7) is 4.92. The lowest BCUT2D eigenvalue weighted by Crippen LogP contribution is -2.43. The highest BCUT2D eigenvalue weighted by Gasteiger charge is 2.20. The maximum absolute atomic E-state index is 11.8. The molecule has 0 unspecified atom stereocenters. The number of amides is 2. The van der Waals surface area contributed by atoms with Crippen molar-refractivity contribution in [1.82, 2.24) is 15.1 Å². The van der Waals surface area contributed by atoms with E-state index in [4.69, 9.17) is 4.74 Å². The highest BCUT2D eigenvalue weighted by atomic mass is 16.5. The van der Waals surface area contributed by atoms with Gasteiger partial charge in [-0.25, -0.2) is 4.79 Å². The molecular formula is C13H25N3O3. The Bertz CT molecular complexity index is 302. The van der Waals surface area contributed by atoms with Gasteiger partial charge in [-0.15, -0.1) is 0 Å². The van der Waals surface area contributed by atoms with Gasteiger partial charge in [0.15, 0.2) is 0 Å². The Kier molecular flexibility index (Phi) is 6.62. The molecule has 6 heteroatoms. The molecule has 1 N–H and O–H groups in total. The summed E-state index contributed by atoms with van der Waals surface area (Å²) in [5.41, 5.74) is 0. The van der Waals surface area contributed by atoms with Crippen LogP contribution in [-0.2, 0) is 9.53 Å². The van der Waals surface area contributed by atoms with Gasteiger partial charge in [0, 0.05) is 13.6 Å². The second kappa shape index (κ2) is 7.99. The highest BCUT2D eigenvalue weighted by Crippen LogP contribution is 2.16. The number of esters is 1. The van der Waals surface area contributed by atoms with Crippen molar-refractivity contribution in [3.05, 3.63) is 0 Å². The van der Waals surface area contributed by atoms with Gasteiger partial charge >= 0.3 is 12.0 Å². The van der Waals surface area contributed by atoms with Crippen LogP contribution in [0.4, 0.5) is 4.79 Å². The van der Waals surface area contributed by atoms with Gasteiger partial charge in [-0.2, -0.15) is 0 Å². The van der Waals surface area contributed by atoms with Crippen molar-refractivity contribution in [1.29, 1.82) is 0 Å². The maximum atomic E-state index is 11.8. The van der Waals surface area contributed by atoms with Gasteiger partial charge in [0.25, 0.3) is 0 Å². The summed E-state index contributed by atoms with van der Waals surface area (Å²) in [6, 6.07) is -0.216. The highest BCUT2D eigenvalue weighted by molar-refractivity contribution is 5.80. The van der Waals surface area contributed by atoms with Crippen LogP contribution < -0.4 is 5.32 Å². The number of ether oxygens (including phenoxy) is 1. The largest absolute Gasteiger partial charge is 0.465 e. The fourth-order valence-electron chi connectivity index (χ4n) is 2.21. The Morgan fingerprint density at radius 3 is 2.58 bits per heavy atom. The van der Waals surface area contributed by atoms with Crippen molar-refractivity contribution in [3.63, 3.8) is 0 Å². The number of hydrogen-bond acceptors (Lipinski definition) is 4. The molecule has 1 rings (SSSR count). The van der Waals surface area contributed by atoms with Gasteiger partial charge in [-0.05, 0) is 45.8 Å². The molecule has 2 amide bonds. The Labute approximate surface area is 115 Å². The number of rotatable bonds is 5. The molecule has 110 valence electrons. The third-order valence-electron chi connectivity index (χ3n) is 3.41. The molecule has 0 aromatic carbocycles. The Morgan fingerprint density at radius 1 is 1.37 bits per heavy atom. The molecular weight excluding hydrogens is 246 g/mol. The molecule has 1 aliphatic rings. The first-order valence-corrected chi connectivity index (χ1v) is 6.86. The summed E-state index contributed by atoms with van der Waals surface area (Å²) in [5, 5.41) is 2.57. The van der Waals surface area contributed by atoms with Crippen LogP contribution in [0.5, 0.6) is 0 Å². The van der Waals surface area contributed by atoms with E-state index >= 15 is 0 Å². The molecule has 0 spiro atoms. The van der Waals surface area contributed by atoms with Gasteiger partial charge in [0.05, 0.1) is 6.61 Å². The van der Waals surface area contributed by atoms with Crippen molar-refractivity contribution in [2.45, 2.75) is 19.8 Å². The number of urea groups is 1. The van der Waals surface area contributed by atoms with E-state index in [1.165, 1.54) is 0 Å². The summed E-state index contributed by atoms with van der Waals surface area (Å²) in [5.74, 6) is 0.151. The van der Waals surface area contributed by atoms with Crippen LogP contribution in [0.2, 0.25) is 0 Å². The lowest BCUT2D eigenvalue weighted by Gasteiger charge is -2.31. The van der Waals surface area contributed by atoms with Crippen LogP contribution in [0.1, 0.15) is 19.8 Å². The van der Waals surface area contributed by atoms with Gasteiger partial charge in [-0.3, -0.25) is 4.79 Å². The van der Waals surface area contributed by atoms with Crippen LogP contribution >= 0.6 is 0 Å². The smallest absolute Gasteiger partial charge is 0.325 e. The molecule has 0 aliphatic carbocycles. The van der Waals surface area contributed by atoms with Crippen LogP contribution in [-0.4, -0.2) is 68.7 Å². The number of likely N-dealkylation sites (tertiary alicyclic amines) is 1. The molecule has 0 atom stereocenters. The average molecular weight is 271 g/mol. The maximum Gasteiger partial charge on any atom is 0.325 e. The van der Waals surface area contributed by atoms with E-state index in [0.29, 0.717) is 12.5 Å². The summed E-state index contributed by atoms with van der Waals surface area (Å²) >= 11 is 0. The normalized spacial score (nSPS) is 17.0. The predicted octanol–water partition coefficient (Wildman–Crippen LogP) is 0.533. The third-order valence-corrected chi connectivity index (χ3v) is 3.41. The van der Waals surface area contributed by atoms with Crippen LogP contribution in [0.3, 0.4) is 0 Å². The molecule has 1 aliphatic heterocycles. The SMILES string of the molecule is CCOC(=O)CNC(=O)N(C)CC1CCN(C)CC1. The molecule has 19 heavy (non-hydrogen) atoms. The van der Waals surface area contributed by atoms with Crippen LogP contribution in [0.25, 0.3) is 0 Å².